The third-order valence-electron chi connectivity index (χ3n) is 3.26. The molecule has 0 amide bonds. The zero-order chi connectivity index (χ0) is 12.7. The van der Waals surface area contributed by atoms with Crippen LogP contribution in [0.25, 0.3) is 11.2 Å². The number of imidazole rings is 1. The highest BCUT2D eigenvalue weighted by atomic mass is 35.5. The molecule has 0 radical (unpaired) electrons. The molecule has 1 fully saturated rings. The zero-order valence-electron chi connectivity index (χ0n) is 10.0. The Kier molecular flexibility index (Phi) is 3.18. The molecule has 3 rings (SSSR count). The van der Waals surface area contributed by atoms with Crippen molar-refractivity contribution in [2.45, 2.75) is 32.4 Å². The van der Waals surface area contributed by atoms with Crippen LogP contribution in [0.4, 0.5) is 0 Å². The molecule has 0 aliphatic carbocycles. The van der Waals surface area contributed by atoms with Crippen LogP contribution >= 0.6 is 23.2 Å². The molecule has 18 heavy (non-hydrogen) atoms. The fourth-order valence-electron chi connectivity index (χ4n) is 2.44. The van der Waals surface area contributed by atoms with E-state index in [0.29, 0.717) is 10.2 Å². The molecule has 96 valence electrons. The first-order valence-corrected chi connectivity index (χ1v) is 6.80. The summed E-state index contributed by atoms with van der Waals surface area (Å²) < 4.78 is 7.86. The molecule has 0 spiro atoms. The van der Waals surface area contributed by atoms with E-state index in [2.05, 4.69) is 9.97 Å². The summed E-state index contributed by atoms with van der Waals surface area (Å²) in [6, 6.07) is 1.65. The van der Waals surface area contributed by atoms with Crippen LogP contribution in [0.2, 0.25) is 10.2 Å². The first-order valence-electron chi connectivity index (χ1n) is 6.04. The summed E-state index contributed by atoms with van der Waals surface area (Å²) >= 11 is 12.2. The molecule has 3 heterocycles. The van der Waals surface area contributed by atoms with Gasteiger partial charge in [0.15, 0.2) is 11.7 Å². The summed E-state index contributed by atoms with van der Waals surface area (Å²) in [5.74, 6) is 0.980. The van der Waals surface area contributed by atoms with Crippen LogP contribution in [0.1, 0.15) is 31.3 Å². The smallest absolute Gasteiger partial charge is 0.307 e. The van der Waals surface area contributed by atoms with Crippen LogP contribution in [0.5, 0.6) is 0 Å². The highest BCUT2D eigenvalue weighted by molar-refractivity contribution is 6.37. The van der Waals surface area contributed by atoms with E-state index in [0.717, 1.165) is 42.9 Å². The Hall–Kier alpha value is -0.840. The summed E-state index contributed by atoms with van der Waals surface area (Å²) in [5.41, 5.74) is 1.57. The largest absolute Gasteiger partial charge is 0.345 e. The second kappa shape index (κ2) is 4.68. The molecule has 1 saturated heterocycles. The first-order chi connectivity index (χ1) is 8.66. The number of hydrogen-bond donors (Lipinski definition) is 1. The number of aryl methyl sites for hydroxylation is 1. The Morgan fingerprint density at radius 1 is 1.44 bits per heavy atom. The topological polar surface area (TPSA) is 41.8 Å². The molecule has 2 aromatic heterocycles. The van der Waals surface area contributed by atoms with Gasteiger partial charge in [0.2, 0.25) is 11.0 Å². The number of halogens is 2. The van der Waals surface area contributed by atoms with Crippen molar-refractivity contribution in [2.75, 3.05) is 6.61 Å². The molecular formula is C12H14Cl2N3O+. The molecule has 6 heteroatoms. The maximum Gasteiger partial charge on any atom is 0.307 e. The molecule has 0 bridgehead atoms. The van der Waals surface area contributed by atoms with Gasteiger partial charge in [0.25, 0.3) is 0 Å². The van der Waals surface area contributed by atoms with E-state index in [1.165, 1.54) is 0 Å². The monoisotopic (exact) mass is 286 g/mol. The number of aromatic amines is 1. The Balaban J connectivity index is 2.18. The summed E-state index contributed by atoms with van der Waals surface area (Å²) in [7, 11) is 0. The summed E-state index contributed by atoms with van der Waals surface area (Å²) in [4.78, 5) is 7.61. The van der Waals surface area contributed by atoms with Gasteiger partial charge < -0.3 is 4.74 Å². The number of aromatic nitrogens is 3. The molecule has 1 N–H and O–H groups in total. The Bertz CT molecular complexity index is 591. The minimum absolute atomic E-state index is 0.0227. The second-order valence-corrected chi connectivity index (χ2v) is 5.32. The number of nitrogens with zero attached hydrogens (tertiary/aromatic N) is 2. The van der Waals surface area contributed by atoms with E-state index in [4.69, 9.17) is 27.9 Å². The van der Waals surface area contributed by atoms with Crippen molar-refractivity contribution < 1.29 is 9.30 Å². The lowest BCUT2D eigenvalue weighted by molar-refractivity contribution is -0.749. The van der Waals surface area contributed by atoms with Crippen LogP contribution in [0, 0.1) is 6.92 Å². The number of nitrogens with one attached hydrogen (secondary N) is 1. The maximum atomic E-state index is 6.18. The fraction of sp³-hybridized carbons (Fsp3) is 0.500. The lowest BCUT2D eigenvalue weighted by Crippen LogP contribution is -2.44. The van der Waals surface area contributed by atoms with Gasteiger partial charge in [0, 0.05) is 19.4 Å². The van der Waals surface area contributed by atoms with Crippen molar-refractivity contribution in [3.63, 3.8) is 0 Å². The van der Waals surface area contributed by atoms with Crippen molar-refractivity contribution >= 4 is 34.4 Å². The van der Waals surface area contributed by atoms with Gasteiger partial charge in [-0.2, -0.15) is 0 Å². The van der Waals surface area contributed by atoms with Crippen molar-refractivity contribution in [2.24, 2.45) is 0 Å². The van der Waals surface area contributed by atoms with E-state index < -0.39 is 0 Å². The molecule has 1 aliphatic rings. The quantitative estimate of drug-likeness (QED) is 0.646. The van der Waals surface area contributed by atoms with Gasteiger partial charge in [-0.25, -0.2) is 4.57 Å². The Morgan fingerprint density at radius 3 is 3.00 bits per heavy atom. The number of hydrogen-bond acceptors (Lipinski definition) is 2. The molecule has 4 nitrogen and oxygen atoms in total. The third kappa shape index (κ3) is 1.98. The van der Waals surface area contributed by atoms with Gasteiger partial charge in [-0.15, -0.1) is 0 Å². The van der Waals surface area contributed by atoms with E-state index >= 15 is 0 Å². The lowest BCUT2D eigenvalue weighted by Gasteiger charge is -2.21. The number of rotatable bonds is 1. The SMILES string of the molecule is Cc1[nH]c2c(Cl)cc(Cl)nc2[n+]1C1CCCCO1. The average Bonchev–Trinajstić information content (AvgIpc) is 2.67. The maximum absolute atomic E-state index is 6.18. The summed E-state index contributed by atoms with van der Waals surface area (Å²) in [5, 5.41) is 0.985. The number of pyridine rings is 1. The normalized spacial score (nSPS) is 20.5. The van der Waals surface area contributed by atoms with Gasteiger partial charge in [-0.05, 0) is 24.4 Å². The molecule has 0 saturated carbocycles. The fourth-order valence-corrected chi connectivity index (χ4v) is 2.92. The number of H-pyrrole nitrogens is 1. The lowest BCUT2D eigenvalue weighted by atomic mass is 10.2. The summed E-state index contributed by atoms with van der Waals surface area (Å²) in [6.45, 7) is 2.78. The van der Waals surface area contributed by atoms with Crippen molar-refractivity contribution in [3.8, 4) is 0 Å². The van der Waals surface area contributed by atoms with Gasteiger partial charge in [0.1, 0.15) is 0 Å². The molecular weight excluding hydrogens is 273 g/mol. The van der Waals surface area contributed by atoms with Gasteiger partial charge >= 0.3 is 5.65 Å². The van der Waals surface area contributed by atoms with Crippen LogP contribution in [-0.2, 0) is 4.74 Å². The molecule has 1 unspecified atom stereocenters. The van der Waals surface area contributed by atoms with E-state index in [-0.39, 0.29) is 6.23 Å². The highest BCUT2D eigenvalue weighted by Gasteiger charge is 2.28. The van der Waals surface area contributed by atoms with E-state index in [1.54, 1.807) is 6.07 Å². The van der Waals surface area contributed by atoms with Crippen LogP contribution in [0.15, 0.2) is 6.07 Å². The highest BCUT2D eigenvalue weighted by Crippen LogP contribution is 2.25. The standard InChI is InChI=1S/C12H13Cl2N3O/c1-7-15-11-8(13)6-9(14)16-12(11)17(7)10-4-2-3-5-18-10/h6,10H,2-5H2,1H3/p+1. The van der Waals surface area contributed by atoms with Gasteiger partial charge in [-0.1, -0.05) is 16.6 Å². The Morgan fingerprint density at radius 2 is 2.28 bits per heavy atom. The van der Waals surface area contributed by atoms with Gasteiger partial charge in [0.05, 0.1) is 11.6 Å². The second-order valence-electron chi connectivity index (χ2n) is 4.53. The van der Waals surface area contributed by atoms with Crippen LogP contribution in [0.3, 0.4) is 0 Å². The van der Waals surface area contributed by atoms with E-state index in [9.17, 15) is 0 Å². The van der Waals surface area contributed by atoms with Crippen molar-refractivity contribution in [1.29, 1.82) is 0 Å². The van der Waals surface area contributed by atoms with Gasteiger partial charge in [-0.3, -0.25) is 4.98 Å². The Labute approximate surface area is 115 Å². The number of ether oxygens (including phenoxy) is 1. The van der Waals surface area contributed by atoms with Crippen molar-refractivity contribution in [3.05, 3.63) is 22.1 Å². The van der Waals surface area contributed by atoms with Crippen LogP contribution in [-0.4, -0.2) is 16.6 Å². The number of fused-ring (bicyclic) bond motifs is 1. The summed E-state index contributed by atoms with van der Waals surface area (Å²) in [6.07, 6.45) is 3.30. The average molecular weight is 287 g/mol. The molecule has 0 aromatic carbocycles. The predicted octanol–water partition coefficient (Wildman–Crippen LogP) is 3.16. The van der Waals surface area contributed by atoms with E-state index in [1.807, 2.05) is 11.5 Å². The molecule has 2 aromatic rings. The zero-order valence-corrected chi connectivity index (χ0v) is 11.6. The minimum atomic E-state index is 0.0227. The minimum Gasteiger partial charge on any atom is -0.345 e. The molecule has 1 atom stereocenters. The molecule has 1 aliphatic heterocycles. The predicted molar refractivity (Wildman–Crippen MR) is 69.9 cm³/mol. The van der Waals surface area contributed by atoms with Crippen molar-refractivity contribution in [1.82, 2.24) is 9.97 Å². The van der Waals surface area contributed by atoms with Crippen LogP contribution < -0.4 is 4.57 Å². The first kappa shape index (κ1) is 12.2. The third-order valence-corrected chi connectivity index (χ3v) is 3.75.